The molecule has 3 amide bonds. The van der Waals surface area contributed by atoms with Gasteiger partial charge in [-0.15, -0.1) is 0 Å². The van der Waals surface area contributed by atoms with E-state index in [9.17, 15) is 9.59 Å². The number of aryl methyl sites for hydroxylation is 1. The third-order valence-electron chi connectivity index (χ3n) is 4.11. The Kier molecular flexibility index (Phi) is 6.19. The lowest BCUT2D eigenvalue weighted by Gasteiger charge is -2.23. The third kappa shape index (κ3) is 4.25. The van der Waals surface area contributed by atoms with E-state index in [1.807, 2.05) is 22.6 Å². The van der Waals surface area contributed by atoms with Gasteiger partial charge in [0.2, 0.25) is 5.91 Å². The standard InChI is InChI=1S/C16H27N5O3/c1-5-14(24-4)15(22)17-10-12-9-13-11-20(16(23)19(2)3)7-6-8-21(13)18-12/h9,14H,5-8,10-11H2,1-4H3,(H,17,22)/t14-/m1/s1. The Hall–Kier alpha value is -2.09. The average molecular weight is 337 g/mol. The van der Waals surface area contributed by atoms with Crippen LogP contribution in [0, 0.1) is 0 Å². The van der Waals surface area contributed by atoms with E-state index >= 15 is 0 Å². The monoisotopic (exact) mass is 337 g/mol. The van der Waals surface area contributed by atoms with Crippen molar-refractivity contribution >= 4 is 11.9 Å². The lowest BCUT2D eigenvalue weighted by Crippen LogP contribution is -2.38. The smallest absolute Gasteiger partial charge is 0.319 e. The first-order valence-corrected chi connectivity index (χ1v) is 8.28. The van der Waals surface area contributed by atoms with Crippen molar-refractivity contribution < 1.29 is 14.3 Å². The maximum absolute atomic E-state index is 12.2. The fourth-order valence-electron chi connectivity index (χ4n) is 2.80. The quantitative estimate of drug-likeness (QED) is 0.862. The summed E-state index contributed by atoms with van der Waals surface area (Å²) in [5.74, 6) is -0.132. The van der Waals surface area contributed by atoms with Gasteiger partial charge < -0.3 is 19.9 Å². The SMILES string of the molecule is CC[C@@H](OC)C(=O)NCc1cc2n(n1)CCCN(C(=O)N(C)C)C2. The molecule has 134 valence electrons. The van der Waals surface area contributed by atoms with Crippen molar-refractivity contribution in [3.8, 4) is 0 Å². The number of nitrogens with zero attached hydrogens (tertiary/aromatic N) is 4. The van der Waals surface area contributed by atoms with Gasteiger partial charge in [0, 0.05) is 34.3 Å². The van der Waals surface area contributed by atoms with Crippen LogP contribution in [0.25, 0.3) is 0 Å². The average Bonchev–Trinajstić information content (AvgIpc) is 2.83. The van der Waals surface area contributed by atoms with Gasteiger partial charge in [-0.3, -0.25) is 9.48 Å². The topological polar surface area (TPSA) is 79.7 Å². The predicted molar refractivity (Wildman–Crippen MR) is 89.3 cm³/mol. The van der Waals surface area contributed by atoms with Crippen LogP contribution in [-0.4, -0.2) is 65.4 Å². The molecular formula is C16H27N5O3. The summed E-state index contributed by atoms with van der Waals surface area (Å²) in [6.45, 7) is 4.30. The molecule has 1 aromatic rings. The van der Waals surface area contributed by atoms with Crippen molar-refractivity contribution in [1.29, 1.82) is 0 Å². The van der Waals surface area contributed by atoms with Crippen molar-refractivity contribution in [1.82, 2.24) is 24.9 Å². The summed E-state index contributed by atoms with van der Waals surface area (Å²) in [5.41, 5.74) is 1.79. The van der Waals surface area contributed by atoms with Gasteiger partial charge >= 0.3 is 6.03 Å². The molecule has 1 aliphatic heterocycles. The van der Waals surface area contributed by atoms with Crippen LogP contribution in [0.4, 0.5) is 4.79 Å². The molecule has 1 aliphatic rings. The molecule has 0 unspecified atom stereocenters. The summed E-state index contributed by atoms with van der Waals surface area (Å²) in [7, 11) is 5.04. The van der Waals surface area contributed by atoms with Crippen LogP contribution in [-0.2, 0) is 29.2 Å². The van der Waals surface area contributed by atoms with Crippen LogP contribution in [0.5, 0.6) is 0 Å². The lowest BCUT2D eigenvalue weighted by atomic mass is 10.2. The number of urea groups is 1. The summed E-state index contributed by atoms with van der Waals surface area (Å²) in [6, 6.07) is 1.96. The molecule has 0 saturated heterocycles. The normalized spacial score (nSPS) is 15.4. The second kappa shape index (κ2) is 8.14. The lowest BCUT2D eigenvalue weighted by molar-refractivity contribution is -0.131. The van der Waals surface area contributed by atoms with Crippen LogP contribution in [0.15, 0.2) is 6.07 Å². The minimum atomic E-state index is -0.432. The maximum Gasteiger partial charge on any atom is 0.319 e. The molecule has 1 aromatic heterocycles. The van der Waals surface area contributed by atoms with Gasteiger partial charge in [0.15, 0.2) is 0 Å². The maximum atomic E-state index is 12.2. The van der Waals surface area contributed by atoms with Gasteiger partial charge in [-0.1, -0.05) is 6.92 Å². The second-order valence-electron chi connectivity index (χ2n) is 6.15. The first kappa shape index (κ1) is 18.3. The summed E-state index contributed by atoms with van der Waals surface area (Å²) in [5, 5.41) is 7.39. The Bertz CT molecular complexity index is 580. The van der Waals surface area contributed by atoms with Crippen molar-refractivity contribution in [3.63, 3.8) is 0 Å². The Morgan fingerprint density at radius 1 is 1.42 bits per heavy atom. The van der Waals surface area contributed by atoms with E-state index in [0.29, 0.717) is 19.5 Å². The van der Waals surface area contributed by atoms with Crippen LogP contribution in [0.3, 0.4) is 0 Å². The third-order valence-corrected chi connectivity index (χ3v) is 4.11. The molecule has 1 N–H and O–H groups in total. The minimum absolute atomic E-state index is 0.00499. The molecule has 0 bridgehead atoms. The molecule has 1 atom stereocenters. The first-order chi connectivity index (χ1) is 11.5. The molecule has 0 aromatic carbocycles. The number of hydrogen-bond acceptors (Lipinski definition) is 4. The van der Waals surface area contributed by atoms with E-state index in [0.717, 1.165) is 30.9 Å². The van der Waals surface area contributed by atoms with E-state index in [1.165, 1.54) is 7.11 Å². The Morgan fingerprint density at radius 2 is 2.17 bits per heavy atom. The molecule has 8 nitrogen and oxygen atoms in total. The van der Waals surface area contributed by atoms with E-state index in [4.69, 9.17) is 4.74 Å². The van der Waals surface area contributed by atoms with Crippen LogP contribution < -0.4 is 5.32 Å². The number of carbonyl (C=O) groups excluding carboxylic acids is 2. The molecule has 24 heavy (non-hydrogen) atoms. The minimum Gasteiger partial charge on any atom is -0.372 e. The number of ether oxygens (including phenoxy) is 1. The Morgan fingerprint density at radius 3 is 2.79 bits per heavy atom. The van der Waals surface area contributed by atoms with Gasteiger partial charge in [0.1, 0.15) is 6.10 Å². The fourth-order valence-corrected chi connectivity index (χ4v) is 2.80. The first-order valence-electron chi connectivity index (χ1n) is 8.28. The highest BCUT2D eigenvalue weighted by Gasteiger charge is 2.22. The van der Waals surface area contributed by atoms with Gasteiger partial charge in [0.05, 0.1) is 24.5 Å². The number of nitrogens with one attached hydrogen (secondary N) is 1. The van der Waals surface area contributed by atoms with Crippen molar-refractivity contribution in [2.24, 2.45) is 0 Å². The molecule has 8 heteroatoms. The number of hydrogen-bond donors (Lipinski definition) is 1. The summed E-state index contributed by atoms with van der Waals surface area (Å²) < 4.78 is 7.05. The predicted octanol–water partition coefficient (Wildman–Crippen LogP) is 0.812. The number of aromatic nitrogens is 2. The molecule has 0 spiro atoms. The number of rotatable bonds is 5. The zero-order chi connectivity index (χ0) is 17.7. The molecular weight excluding hydrogens is 310 g/mol. The van der Waals surface area contributed by atoms with E-state index in [-0.39, 0.29) is 11.9 Å². The van der Waals surface area contributed by atoms with Crippen molar-refractivity contribution in [2.45, 2.75) is 45.5 Å². The largest absolute Gasteiger partial charge is 0.372 e. The molecule has 0 radical (unpaired) electrons. The Labute approximate surface area is 142 Å². The van der Waals surface area contributed by atoms with Gasteiger partial charge in [-0.25, -0.2) is 4.79 Å². The van der Waals surface area contributed by atoms with Crippen molar-refractivity contribution in [3.05, 3.63) is 17.5 Å². The number of carbonyl (C=O) groups is 2. The molecule has 0 aliphatic carbocycles. The fraction of sp³-hybridized carbons (Fsp3) is 0.688. The highest BCUT2D eigenvalue weighted by atomic mass is 16.5. The molecule has 2 heterocycles. The number of amides is 3. The van der Waals surface area contributed by atoms with Gasteiger partial charge in [-0.2, -0.15) is 5.10 Å². The number of methoxy groups -OCH3 is 1. The zero-order valence-electron chi connectivity index (χ0n) is 14.9. The highest BCUT2D eigenvalue weighted by molar-refractivity contribution is 5.80. The summed E-state index contributed by atoms with van der Waals surface area (Å²) >= 11 is 0. The second-order valence-corrected chi connectivity index (χ2v) is 6.15. The molecule has 0 saturated carbocycles. The zero-order valence-corrected chi connectivity index (χ0v) is 14.9. The Balaban J connectivity index is 2.01. The van der Waals surface area contributed by atoms with E-state index in [2.05, 4.69) is 10.4 Å². The number of fused-ring (bicyclic) bond motifs is 1. The van der Waals surface area contributed by atoms with E-state index < -0.39 is 6.10 Å². The van der Waals surface area contributed by atoms with Crippen LogP contribution >= 0.6 is 0 Å². The van der Waals surface area contributed by atoms with Crippen LogP contribution in [0.1, 0.15) is 31.2 Å². The highest BCUT2D eigenvalue weighted by Crippen LogP contribution is 2.15. The molecule has 0 fully saturated rings. The van der Waals surface area contributed by atoms with Crippen molar-refractivity contribution in [2.75, 3.05) is 27.7 Å². The van der Waals surface area contributed by atoms with Crippen LogP contribution in [0.2, 0.25) is 0 Å². The van der Waals surface area contributed by atoms with Gasteiger partial charge in [-0.05, 0) is 18.9 Å². The van der Waals surface area contributed by atoms with E-state index in [1.54, 1.807) is 19.0 Å². The molecule has 2 rings (SSSR count). The summed E-state index contributed by atoms with van der Waals surface area (Å²) in [4.78, 5) is 27.5. The van der Waals surface area contributed by atoms with Gasteiger partial charge in [0.25, 0.3) is 0 Å². The summed E-state index contributed by atoms with van der Waals surface area (Å²) in [6.07, 6.45) is 1.06.